The summed E-state index contributed by atoms with van der Waals surface area (Å²) in [5, 5.41) is 2.53. The van der Waals surface area contributed by atoms with Crippen molar-refractivity contribution in [1.29, 1.82) is 0 Å². The lowest BCUT2D eigenvalue weighted by atomic mass is 9.64. The molecule has 1 N–H and O–H groups in total. The minimum Gasteiger partial charge on any atom is -0.457 e. The fourth-order valence-electron chi connectivity index (χ4n) is 4.74. The van der Waals surface area contributed by atoms with E-state index in [2.05, 4.69) is 38.2 Å². The van der Waals surface area contributed by atoms with Crippen LogP contribution >= 0.6 is 0 Å². The second-order valence-electron chi connectivity index (χ2n) is 9.71. The third-order valence-corrected chi connectivity index (χ3v) is 6.80. The minimum absolute atomic E-state index is 0.0668. The number of ether oxygens (including phenoxy) is 3. The van der Waals surface area contributed by atoms with Crippen molar-refractivity contribution in [2.75, 3.05) is 6.61 Å². The van der Waals surface area contributed by atoms with E-state index in [4.69, 9.17) is 14.2 Å². The van der Waals surface area contributed by atoms with Gasteiger partial charge in [0.25, 0.3) is 5.91 Å². The van der Waals surface area contributed by atoms with Crippen molar-refractivity contribution in [3.63, 3.8) is 0 Å². The Bertz CT molecular complexity index is 1060. The van der Waals surface area contributed by atoms with Crippen LogP contribution in [0.4, 0.5) is 4.79 Å². The van der Waals surface area contributed by atoms with Crippen LogP contribution in [-0.2, 0) is 24.4 Å². The van der Waals surface area contributed by atoms with E-state index >= 15 is 0 Å². The number of hydrogen-bond donors (Lipinski definition) is 1. The fourth-order valence-corrected chi connectivity index (χ4v) is 4.74. The summed E-state index contributed by atoms with van der Waals surface area (Å²) < 4.78 is 15.7. The molecule has 0 aliphatic heterocycles. The predicted molar refractivity (Wildman–Crippen MR) is 136 cm³/mol. The molecule has 7 heteroatoms. The molecule has 0 unspecified atom stereocenters. The predicted octanol–water partition coefficient (Wildman–Crippen LogP) is 5.76. The number of amides is 1. The smallest absolute Gasteiger partial charge is 0.457 e. The summed E-state index contributed by atoms with van der Waals surface area (Å²) in [6.45, 7) is 8.23. The zero-order valence-corrected chi connectivity index (χ0v) is 21.4. The van der Waals surface area contributed by atoms with Crippen LogP contribution < -0.4 is 5.32 Å². The molecule has 0 saturated heterocycles. The van der Waals surface area contributed by atoms with E-state index in [-0.39, 0.29) is 29.7 Å². The maximum absolute atomic E-state index is 13.3. The lowest BCUT2D eigenvalue weighted by Gasteiger charge is -2.44. The van der Waals surface area contributed by atoms with Crippen LogP contribution in [0.5, 0.6) is 0 Å². The molecule has 1 aliphatic rings. The summed E-state index contributed by atoms with van der Waals surface area (Å²) in [6, 6.07) is 18.6. The summed E-state index contributed by atoms with van der Waals surface area (Å²) in [6.07, 6.45) is 2.16. The summed E-state index contributed by atoms with van der Waals surface area (Å²) in [5.41, 5.74) is 1.00. The minimum atomic E-state index is -0.980. The van der Waals surface area contributed by atoms with Gasteiger partial charge < -0.3 is 19.5 Å². The summed E-state index contributed by atoms with van der Waals surface area (Å²) in [5.74, 6) is -0.842. The molecule has 36 heavy (non-hydrogen) atoms. The molecule has 0 heterocycles. The van der Waals surface area contributed by atoms with Gasteiger partial charge in [0, 0.05) is 11.5 Å². The molecule has 1 fully saturated rings. The molecule has 3 rings (SSSR count). The Morgan fingerprint density at radius 3 is 2.28 bits per heavy atom. The van der Waals surface area contributed by atoms with Gasteiger partial charge in [0.05, 0.1) is 6.61 Å². The quantitative estimate of drug-likeness (QED) is 0.286. The molecule has 3 atom stereocenters. The van der Waals surface area contributed by atoms with Crippen LogP contribution in [0.3, 0.4) is 0 Å². The molecule has 1 aliphatic carbocycles. The molecule has 1 saturated carbocycles. The van der Waals surface area contributed by atoms with E-state index in [9.17, 15) is 14.4 Å². The van der Waals surface area contributed by atoms with Gasteiger partial charge in [0.1, 0.15) is 12.4 Å². The Morgan fingerprint density at radius 1 is 1.00 bits per heavy atom. The topological polar surface area (TPSA) is 90.9 Å². The number of hydrogen-bond acceptors (Lipinski definition) is 6. The van der Waals surface area contributed by atoms with E-state index in [1.54, 1.807) is 37.3 Å². The molecular weight excluding hydrogens is 458 g/mol. The average Bonchev–Trinajstić information content (AvgIpc) is 2.87. The number of carbonyl (C=O) groups is 3. The van der Waals surface area contributed by atoms with Crippen LogP contribution in [0.2, 0.25) is 0 Å². The van der Waals surface area contributed by atoms with Crippen LogP contribution in [0.15, 0.2) is 72.6 Å². The highest BCUT2D eigenvalue weighted by molar-refractivity contribution is 6.01. The van der Waals surface area contributed by atoms with Gasteiger partial charge in [-0.3, -0.25) is 4.79 Å². The Morgan fingerprint density at radius 2 is 1.64 bits per heavy atom. The maximum Gasteiger partial charge on any atom is 0.513 e. The first-order valence-electron chi connectivity index (χ1n) is 12.4. The largest absolute Gasteiger partial charge is 0.513 e. The highest BCUT2D eigenvalue weighted by Gasteiger charge is 2.42. The van der Waals surface area contributed by atoms with Crippen LogP contribution in [0, 0.1) is 11.8 Å². The Kier molecular flexibility index (Phi) is 9.28. The van der Waals surface area contributed by atoms with Crippen molar-refractivity contribution in [2.45, 2.75) is 58.5 Å². The first-order valence-corrected chi connectivity index (χ1v) is 12.4. The fraction of sp³-hybridized carbons (Fsp3) is 0.414. The van der Waals surface area contributed by atoms with Gasteiger partial charge in [-0.05, 0) is 48.8 Å². The molecular formula is C29H35NO6. The van der Waals surface area contributed by atoms with Gasteiger partial charge in [-0.15, -0.1) is 0 Å². The van der Waals surface area contributed by atoms with Crippen molar-refractivity contribution < 1.29 is 28.6 Å². The number of nitrogens with one attached hydrogen (secondary N) is 1. The second-order valence-corrected chi connectivity index (χ2v) is 9.71. The first-order chi connectivity index (χ1) is 17.2. The molecule has 2 aromatic carbocycles. The van der Waals surface area contributed by atoms with Gasteiger partial charge in [0.15, 0.2) is 5.70 Å². The lowest BCUT2D eigenvalue weighted by molar-refractivity contribution is -0.152. The van der Waals surface area contributed by atoms with E-state index in [0.29, 0.717) is 17.9 Å². The highest BCUT2D eigenvalue weighted by atomic mass is 16.7. The summed E-state index contributed by atoms with van der Waals surface area (Å²) in [4.78, 5) is 37.8. The summed E-state index contributed by atoms with van der Waals surface area (Å²) >= 11 is 0. The molecule has 1 amide bonds. The van der Waals surface area contributed by atoms with Gasteiger partial charge in [-0.25, -0.2) is 9.59 Å². The third-order valence-electron chi connectivity index (χ3n) is 6.80. The van der Waals surface area contributed by atoms with E-state index in [0.717, 1.165) is 19.1 Å². The van der Waals surface area contributed by atoms with Gasteiger partial charge in [0.2, 0.25) is 0 Å². The lowest BCUT2D eigenvalue weighted by Crippen LogP contribution is -2.44. The number of benzene rings is 2. The van der Waals surface area contributed by atoms with E-state index < -0.39 is 18.0 Å². The van der Waals surface area contributed by atoms with Gasteiger partial charge >= 0.3 is 12.1 Å². The van der Waals surface area contributed by atoms with E-state index in [1.807, 2.05) is 18.2 Å². The summed E-state index contributed by atoms with van der Waals surface area (Å²) in [7, 11) is 0. The van der Waals surface area contributed by atoms with Crippen molar-refractivity contribution in [3.05, 3.63) is 83.7 Å². The molecule has 192 valence electrons. The van der Waals surface area contributed by atoms with Crippen molar-refractivity contribution >= 4 is 18.0 Å². The van der Waals surface area contributed by atoms with Crippen LogP contribution in [-0.4, -0.2) is 30.7 Å². The first kappa shape index (κ1) is 27.0. The Balaban J connectivity index is 1.83. The van der Waals surface area contributed by atoms with Crippen molar-refractivity contribution in [1.82, 2.24) is 5.32 Å². The Hall–Kier alpha value is -3.61. The average molecular weight is 494 g/mol. The van der Waals surface area contributed by atoms with Crippen molar-refractivity contribution in [2.24, 2.45) is 11.8 Å². The molecule has 0 radical (unpaired) electrons. The zero-order valence-electron chi connectivity index (χ0n) is 21.4. The Labute approximate surface area is 212 Å². The highest BCUT2D eigenvalue weighted by Crippen LogP contribution is 2.43. The van der Waals surface area contributed by atoms with E-state index in [1.165, 1.54) is 5.56 Å². The van der Waals surface area contributed by atoms with Gasteiger partial charge in [-0.2, -0.15) is 0 Å². The number of rotatable bonds is 8. The maximum atomic E-state index is 13.3. The molecule has 0 bridgehead atoms. The van der Waals surface area contributed by atoms with Crippen LogP contribution in [0.1, 0.15) is 62.9 Å². The molecule has 0 spiro atoms. The number of esters is 1. The monoisotopic (exact) mass is 493 g/mol. The molecule has 0 aromatic heterocycles. The standard InChI is InChI=1S/C29H35NO6/c1-5-34-28(33)35-19-24(30-26(31)21-12-8-6-9-13-21)27(32)36-25-18-20(2)16-17-23(25)29(3,4)22-14-10-7-11-15-22/h6-15,19-20,23,25H,5,16-18H2,1-4H3,(H,30,31)/b24-19-/t20-,23-,25-/m1/s1. The van der Waals surface area contributed by atoms with Gasteiger partial charge in [-0.1, -0.05) is 75.7 Å². The SMILES string of the molecule is CCOC(=O)O/C=C(\NC(=O)c1ccccc1)C(=O)O[C@@H]1C[C@H](C)CC[C@H]1C(C)(C)c1ccccc1. The second kappa shape index (κ2) is 12.4. The van der Waals surface area contributed by atoms with Crippen LogP contribution in [0.25, 0.3) is 0 Å². The van der Waals surface area contributed by atoms with Crippen molar-refractivity contribution in [3.8, 4) is 0 Å². The molecule has 7 nitrogen and oxygen atoms in total. The molecule has 2 aromatic rings. The number of carbonyl (C=O) groups excluding carboxylic acids is 3. The third kappa shape index (κ3) is 6.97. The zero-order chi connectivity index (χ0) is 26.1. The normalized spacial score (nSPS) is 20.2.